The van der Waals surface area contributed by atoms with Crippen molar-refractivity contribution in [3.8, 4) is 5.75 Å². The van der Waals surface area contributed by atoms with E-state index in [1.165, 1.54) is 5.56 Å². The molecule has 0 heterocycles. The fourth-order valence-electron chi connectivity index (χ4n) is 2.31. The van der Waals surface area contributed by atoms with E-state index in [0.717, 1.165) is 11.3 Å². The van der Waals surface area contributed by atoms with Crippen molar-refractivity contribution in [3.63, 3.8) is 0 Å². The summed E-state index contributed by atoms with van der Waals surface area (Å²) in [5.74, 6) is 0.843. The van der Waals surface area contributed by atoms with Crippen molar-refractivity contribution in [1.29, 1.82) is 0 Å². The molecule has 21 heavy (non-hydrogen) atoms. The van der Waals surface area contributed by atoms with E-state index in [1.807, 2.05) is 49.4 Å². The molecule has 2 aromatic carbocycles. The molecule has 0 bridgehead atoms. The van der Waals surface area contributed by atoms with Crippen LogP contribution in [0.25, 0.3) is 0 Å². The van der Waals surface area contributed by atoms with Gasteiger partial charge in [-0.1, -0.05) is 45.0 Å². The summed E-state index contributed by atoms with van der Waals surface area (Å²) in [6, 6.07) is 13.4. The highest BCUT2D eigenvalue weighted by Crippen LogP contribution is 2.24. The van der Waals surface area contributed by atoms with Crippen LogP contribution in [0, 0.1) is 6.92 Å². The second-order valence-corrected chi connectivity index (χ2v) is 6.34. The zero-order chi connectivity index (χ0) is 15.6. The SMILES string of the molecule is COc1ccc(C(=O)c2ccc(C(C)(C)C)cc2)cc1C. The van der Waals surface area contributed by atoms with Crippen LogP contribution in [-0.4, -0.2) is 12.9 Å². The lowest BCUT2D eigenvalue weighted by Gasteiger charge is -2.19. The average molecular weight is 282 g/mol. The summed E-state index contributed by atoms with van der Waals surface area (Å²) in [5, 5.41) is 0. The third-order valence-electron chi connectivity index (χ3n) is 3.67. The first-order valence-electron chi connectivity index (χ1n) is 7.13. The quantitative estimate of drug-likeness (QED) is 0.773. The Bertz CT molecular complexity index is 646. The highest BCUT2D eigenvalue weighted by atomic mass is 16.5. The maximum atomic E-state index is 12.5. The van der Waals surface area contributed by atoms with Gasteiger partial charge in [0.25, 0.3) is 0 Å². The molecule has 2 heteroatoms. The molecule has 0 atom stereocenters. The molecule has 2 aromatic rings. The summed E-state index contributed by atoms with van der Waals surface area (Å²) in [6.45, 7) is 8.43. The highest BCUT2D eigenvalue weighted by Gasteiger charge is 2.15. The lowest BCUT2D eigenvalue weighted by Crippen LogP contribution is -2.11. The van der Waals surface area contributed by atoms with Gasteiger partial charge in [-0.15, -0.1) is 0 Å². The van der Waals surface area contributed by atoms with Crippen LogP contribution in [0.4, 0.5) is 0 Å². The third-order valence-corrected chi connectivity index (χ3v) is 3.67. The van der Waals surface area contributed by atoms with Crippen LogP contribution in [0.3, 0.4) is 0 Å². The Morgan fingerprint density at radius 1 is 0.952 bits per heavy atom. The molecule has 0 aromatic heterocycles. The van der Waals surface area contributed by atoms with Gasteiger partial charge in [-0.25, -0.2) is 0 Å². The van der Waals surface area contributed by atoms with Gasteiger partial charge in [0, 0.05) is 11.1 Å². The Kier molecular flexibility index (Phi) is 4.17. The molecule has 0 N–H and O–H groups in total. The summed E-state index contributed by atoms with van der Waals surface area (Å²) in [7, 11) is 1.63. The van der Waals surface area contributed by atoms with Gasteiger partial charge in [-0.3, -0.25) is 4.79 Å². The van der Waals surface area contributed by atoms with Gasteiger partial charge in [0.1, 0.15) is 5.75 Å². The second-order valence-electron chi connectivity index (χ2n) is 6.34. The number of hydrogen-bond donors (Lipinski definition) is 0. The molecule has 0 spiro atoms. The number of aryl methyl sites for hydroxylation is 1. The van der Waals surface area contributed by atoms with E-state index in [2.05, 4.69) is 20.8 Å². The van der Waals surface area contributed by atoms with Crippen LogP contribution in [0.15, 0.2) is 42.5 Å². The van der Waals surface area contributed by atoms with E-state index in [0.29, 0.717) is 11.1 Å². The maximum absolute atomic E-state index is 12.5. The fourth-order valence-corrected chi connectivity index (χ4v) is 2.31. The number of ether oxygens (including phenoxy) is 1. The standard InChI is InChI=1S/C19H22O2/c1-13-12-15(8-11-17(13)21-5)18(20)14-6-9-16(10-7-14)19(2,3)4/h6-12H,1-5H3. The lowest BCUT2D eigenvalue weighted by molar-refractivity contribution is 0.103. The molecule has 0 saturated heterocycles. The first-order chi connectivity index (χ1) is 9.82. The summed E-state index contributed by atoms with van der Waals surface area (Å²) in [4.78, 5) is 12.5. The predicted molar refractivity (Wildman–Crippen MR) is 86.3 cm³/mol. The van der Waals surface area contributed by atoms with E-state index >= 15 is 0 Å². The van der Waals surface area contributed by atoms with E-state index in [4.69, 9.17) is 4.74 Å². The number of methoxy groups -OCH3 is 1. The Morgan fingerprint density at radius 3 is 2.00 bits per heavy atom. The van der Waals surface area contributed by atoms with Crippen molar-refractivity contribution in [1.82, 2.24) is 0 Å². The minimum atomic E-state index is 0.0428. The second kappa shape index (κ2) is 5.72. The number of carbonyl (C=O) groups is 1. The van der Waals surface area contributed by atoms with Gasteiger partial charge in [0.05, 0.1) is 7.11 Å². The molecule has 0 aliphatic rings. The largest absolute Gasteiger partial charge is 0.496 e. The summed E-state index contributed by atoms with van der Waals surface area (Å²) in [6.07, 6.45) is 0. The van der Waals surface area contributed by atoms with Gasteiger partial charge in [0.2, 0.25) is 0 Å². The van der Waals surface area contributed by atoms with E-state index < -0.39 is 0 Å². The first-order valence-corrected chi connectivity index (χ1v) is 7.13. The minimum absolute atomic E-state index is 0.0428. The Morgan fingerprint density at radius 2 is 1.52 bits per heavy atom. The third kappa shape index (κ3) is 3.33. The molecule has 0 fully saturated rings. The zero-order valence-corrected chi connectivity index (χ0v) is 13.4. The van der Waals surface area contributed by atoms with Crippen molar-refractivity contribution >= 4 is 5.78 Å². The summed E-state index contributed by atoms with van der Waals surface area (Å²) in [5.41, 5.74) is 3.70. The van der Waals surface area contributed by atoms with E-state index in [-0.39, 0.29) is 11.2 Å². The molecule has 2 nitrogen and oxygen atoms in total. The molecule has 0 radical (unpaired) electrons. The van der Waals surface area contributed by atoms with Crippen molar-refractivity contribution in [2.75, 3.05) is 7.11 Å². The van der Waals surface area contributed by atoms with Crippen LogP contribution < -0.4 is 4.74 Å². The minimum Gasteiger partial charge on any atom is -0.496 e. The van der Waals surface area contributed by atoms with Crippen LogP contribution in [0.5, 0.6) is 5.75 Å². The normalized spacial score (nSPS) is 11.3. The van der Waals surface area contributed by atoms with E-state index in [9.17, 15) is 4.79 Å². The molecule has 2 rings (SSSR count). The van der Waals surface area contributed by atoms with Crippen molar-refractivity contribution in [2.24, 2.45) is 0 Å². The number of benzene rings is 2. The van der Waals surface area contributed by atoms with Gasteiger partial charge < -0.3 is 4.74 Å². The maximum Gasteiger partial charge on any atom is 0.193 e. The van der Waals surface area contributed by atoms with Gasteiger partial charge in [-0.05, 0) is 41.7 Å². The van der Waals surface area contributed by atoms with Gasteiger partial charge >= 0.3 is 0 Å². The first kappa shape index (κ1) is 15.3. The van der Waals surface area contributed by atoms with Crippen LogP contribution in [0.2, 0.25) is 0 Å². The number of hydrogen-bond acceptors (Lipinski definition) is 2. The monoisotopic (exact) mass is 282 g/mol. The smallest absolute Gasteiger partial charge is 0.193 e. The highest BCUT2D eigenvalue weighted by molar-refractivity contribution is 6.09. The topological polar surface area (TPSA) is 26.3 Å². The molecular weight excluding hydrogens is 260 g/mol. The fraction of sp³-hybridized carbons (Fsp3) is 0.316. The molecule has 0 aliphatic heterocycles. The number of ketones is 1. The summed E-state index contributed by atoms with van der Waals surface area (Å²) < 4.78 is 5.23. The molecule has 0 saturated carbocycles. The van der Waals surface area contributed by atoms with Crippen molar-refractivity contribution < 1.29 is 9.53 Å². The molecular formula is C19H22O2. The van der Waals surface area contributed by atoms with Crippen molar-refractivity contribution in [3.05, 3.63) is 64.7 Å². The van der Waals surface area contributed by atoms with Crippen LogP contribution in [-0.2, 0) is 5.41 Å². The van der Waals surface area contributed by atoms with E-state index in [1.54, 1.807) is 7.11 Å². The molecule has 0 unspecified atom stereocenters. The van der Waals surface area contributed by atoms with Crippen molar-refractivity contribution in [2.45, 2.75) is 33.1 Å². The Hall–Kier alpha value is -2.09. The number of carbonyl (C=O) groups excluding carboxylic acids is 1. The van der Waals surface area contributed by atoms with Gasteiger partial charge in [-0.2, -0.15) is 0 Å². The van der Waals surface area contributed by atoms with Crippen LogP contribution in [0.1, 0.15) is 47.8 Å². The predicted octanol–water partition coefficient (Wildman–Crippen LogP) is 4.53. The molecule has 0 aliphatic carbocycles. The average Bonchev–Trinajstić information content (AvgIpc) is 2.45. The zero-order valence-electron chi connectivity index (χ0n) is 13.4. The molecule has 110 valence electrons. The number of rotatable bonds is 3. The molecule has 0 amide bonds. The Balaban J connectivity index is 2.30. The van der Waals surface area contributed by atoms with Gasteiger partial charge in [0.15, 0.2) is 5.78 Å². The summed E-state index contributed by atoms with van der Waals surface area (Å²) >= 11 is 0. The van der Waals surface area contributed by atoms with Crippen LogP contribution >= 0.6 is 0 Å². The Labute approximate surface area is 126 Å². The lowest BCUT2D eigenvalue weighted by atomic mass is 9.86.